The van der Waals surface area contributed by atoms with Crippen molar-refractivity contribution < 1.29 is 30.9 Å². The van der Waals surface area contributed by atoms with Crippen molar-refractivity contribution in [3.63, 3.8) is 0 Å². The highest BCUT2D eigenvalue weighted by Crippen LogP contribution is 2.45. The molecule has 0 saturated heterocycles. The summed E-state index contributed by atoms with van der Waals surface area (Å²) in [5.41, 5.74) is 8.75. The molecule has 0 radical (unpaired) electrons. The van der Waals surface area contributed by atoms with Crippen LogP contribution in [0.5, 0.6) is 0 Å². The van der Waals surface area contributed by atoms with Crippen molar-refractivity contribution in [2.75, 3.05) is 11.5 Å². The summed E-state index contributed by atoms with van der Waals surface area (Å²) in [7, 11) is -4.12. The van der Waals surface area contributed by atoms with Crippen molar-refractivity contribution >= 4 is 34.4 Å². The molecule has 4 N–H and O–H groups in total. The highest BCUT2D eigenvalue weighted by molar-refractivity contribution is 7.85. The van der Waals surface area contributed by atoms with Crippen molar-refractivity contribution in [3.05, 3.63) is 77.9 Å². The first-order valence-corrected chi connectivity index (χ1v) is 10.1. The van der Waals surface area contributed by atoms with Gasteiger partial charge in [-0.15, -0.1) is 0 Å². The Morgan fingerprint density at radius 3 is 1.20 bits per heavy atom. The van der Waals surface area contributed by atoms with Crippen molar-refractivity contribution in [1.29, 1.82) is 0 Å². The number of hydrogen-bond donors (Lipinski definition) is 2. The predicted molar refractivity (Wildman–Crippen MR) is 105 cm³/mol. The third-order valence-corrected chi connectivity index (χ3v) is 7.49. The molecule has 0 unspecified atom stereocenters. The number of nitrogen functional groups attached to an aromatic ring is 2. The second kappa shape index (κ2) is 7.40. The first kappa shape index (κ1) is 21.8. The van der Waals surface area contributed by atoms with E-state index < -0.39 is 35.9 Å². The summed E-state index contributed by atoms with van der Waals surface area (Å²) in [6.07, 6.45) is -10.1. The molecule has 0 amide bonds. The molecule has 0 aliphatic rings. The summed E-state index contributed by atoms with van der Waals surface area (Å²) in [4.78, 5) is 0. The van der Waals surface area contributed by atoms with Crippen LogP contribution in [0.1, 0.15) is 11.1 Å². The van der Waals surface area contributed by atoms with Crippen LogP contribution in [0, 0.1) is 0 Å². The quantitative estimate of drug-likeness (QED) is 0.355. The van der Waals surface area contributed by atoms with E-state index >= 15 is 0 Å². The topological polar surface area (TPSA) is 69.1 Å². The molecule has 0 aromatic heterocycles. The third kappa shape index (κ3) is 4.16. The van der Waals surface area contributed by atoms with E-state index in [1.54, 1.807) is 0 Å². The smallest absolute Gasteiger partial charge is 0.399 e. The van der Waals surface area contributed by atoms with Gasteiger partial charge in [0.25, 0.3) is 0 Å². The molecule has 3 aromatic carbocycles. The van der Waals surface area contributed by atoms with Crippen molar-refractivity contribution in [2.45, 2.75) is 12.4 Å². The summed E-state index contributed by atoms with van der Waals surface area (Å²) in [6, 6.07) is 11.7. The molecule has 0 bridgehead atoms. The van der Waals surface area contributed by atoms with Gasteiger partial charge in [0.15, 0.2) is 7.14 Å². The van der Waals surface area contributed by atoms with Gasteiger partial charge in [0, 0.05) is 27.3 Å². The second-order valence-corrected chi connectivity index (χ2v) is 9.32. The molecule has 10 heteroatoms. The molecule has 3 nitrogen and oxygen atoms in total. The molecule has 0 aliphatic heterocycles. The lowest BCUT2D eigenvalue weighted by molar-refractivity contribution is -0.142. The maximum Gasteiger partial charge on any atom is 0.416 e. The van der Waals surface area contributed by atoms with Gasteiger partial charge < -0.3 is 16.0 Å². The normalized spacial score (nSPS) is 12.7. The van der Waals surface area contributed by atoms with Crippen LogP contribution in [0.2, 0.25) is 0 Å². The molecule has 0 spiro atoms. The van der Waals surface area contributed by atoms with Crippen LogP contribution in [-0.4, -0.2) is 0 Å². The zero-order chi connectivity index (χ0) is 22.3. The van der Waals surface area contributed by atoms with Crippen LogP contribution in [0.3, 0.4) is 0 Å². The SMILES string of the molecule is Nc1ccc(P(=O)(c2ccc(N)cc2)c2cc(C(F)(F)F)cc(C(F)(F)F)c2)cc1. The average molecular weight is 444 g/mol. The first-order chi connectivity index (χ1) is 13.8. The monoisotopic (exact) mass is 444 g/mol. The number of benzene rings is 3. The second-order valence-electron chi connectivity index (χ2n) is 6.56. The van der Waals surface area contributed by atoms with Crippen LogP contribution < -0.4 is 27.4 Å². The Morgan fingerprint density at radius 1 is 0.567 bits per heavy atom. The Labute approximate surface area is 167 Å². The van der Waals surface area contributed by atoms with E-state index in [-0.39, 0.29) is 16.7 Å². The minimum Gasteiger partial charge on any atom is -0.399 e. The summed E-state index contributed by atoms with van der Waals surface area (Å²) in [5, 5.41) is -0.526. The zero-order valence-corrected chi connectivity index (χ0v) is 16.0. The lowest BCUT2D eigenvalue weighted by Crippen LogP contribution is -2.27. The van der Waals surface area contributed by atoms with Gasteiger partial charge in [0.05, 0.1) is 11.1 Å². The highest BCUT2D eigenvalue weighted by Gasteiger charge is 2.40. The van der Waals surface area contributed by atoms with Gasteiger partial charge in [-0.1, -0.05) is 0 Å². The van der Waals surface area contributed by atoms with Crippen LogP contribution in [0.4, 0.5) is 37.7 Å². The maximum absolute atomic E-state index is 14.2. The number of halogens is 6. The van der Waals surface area contributed by atoms with E-state index in [1.165, 1.54) is 48.5 Å². The lowest BCUT2D eigenvalue weighted by Gasteiger charge is -2.23. The fourth-order valence-electron chi connectivity index (χ4n) is 2.94. The molecule has 0 saturated carbocycles. The molecule has 3 aromatic rings. The predicted octanol–water partition coefficient (Wildman–Crippen LogP) is 4.53. The highest BCUT2D eigenvalue weighted by atomic mass is 31.2. The molecule has 3 rings (SSSR count). The average Bonchev–Trinajstić information content (AvgIpc) is 2.67. The number of alkyl halides is 6. The standard InChI is InChI=1S/C20H15F6N2OP/c21-19(22,23)12-9-13(20(24,25)26)11-18(10-12)30(29,16-5-1-14(27)2-6-16)17-7-3-15(28)4-8-17/h1-11H,27-28H2. The van der Waals surface area contributed by atoms with Gasteiger partial charge >= 0.3 is 12.4 Å². The molecule has 0 fully saturated rings. The number of nitrogens with two attached hydrogens (primary N) is 2. The Hall–Kier alpha value is -2.93. The van der Waals surface area contributed by atoms with Gasteiger partial charge in [-0.3, -0.25) is 0 Å². The minimum atomic E-state index is -5.07. The Balaban J connectivity index is 2.38. The summed E-state index contributed by atoms with van der Waals surface area (Å²) in [5.74, 6) is 0. The van der Waals surface area contributed by atoms with Crippen molar-refractivity contribution in [2.24, 2.45) is 0 Å². The van der Waals surface area contributed by atoms with Gasteiger partial charge in [-0.05, 0) is 66.7 Å². The number of anilines is 2. The molecular weight excluding hydrogens is 429 g/mol. The lowest BCUT2D eigenvalue weighted by atomic mass is 10.1. The summed E-state index contributed by atoms with van der Waals surface area (Å²) in [6.45, 7) is 0. The fourth-order valence-corrected chi connectivity index (χ4v) is 5.61. The molecule has 0 atom stereocenters. The van der Waals surface area contributed by atoms with E-state index in [1.807, 2.05) is 0 Å². The maximum atomic E-state index is 14.2. The van der Waals surface area contributed by atoms with E-state index in [0.717, 1.165) is 0 Å². The van der Waals surface area contributed by atoms with Gasteiger partial charge in [-0.25, -0.2) is 0 Å². The number of hydrogen-bond acceptors (Lipinski definition) is 3. The van der Waals surface area contributed by atoms with Crippen LogP contribution >= 0.6 is 7.14 Å². The Kier molecular flexibility index (Phi) is 5.37. The first-order valence-electron chi connectivity index (χ1n) is 8.44. The van der Waals surface area contributed by atoms with Gasteiger partial charge in [0.2, 0.25) is 0 Å². The van der Waals surface area contributed by atoms with Gasteiger partial charge in [0.1, 0.15) is 0 Å². The zero-order valence-electron chi connectivity index (χ0n) is 15.1. The van der Waals surface area contributed by atoms with E-state index in [2.05, 4.69) is 0 Å². The van der Waals surface area contributed by atoms with Gasteiger partial charge in [-0.2, -0.15) is 26.3 Å². The van der Waals surface area contributed by atoms with E-state index in [0.29, 0.717) is 23.5 Å². The summed E-state index contributed by atoms with van der Waals surface area (Å²) >= 11 is 0. The number of rotatable bonds is 3. The van der Waals surface area contributed by atoms with Crippen LogP contribution in [-0.2, 0) is 16.9 Å². The van der Waals surface area contributed by atoms with Crippen LogP contribution in [0.15, 0.2) is 66.7 Å². The third-order valence-electron chi connectivity index (χ3n) is 4.45. The largest absolute Gasteiger partial charge is 0.416 e. The van der Waals surface area contributed by atoms with E-state index in [4.69, 9.17) is 11.5 Å². The van der Waals surface area contributed by atoms with Crippen LogP contribution in [0.25, 0.3) is 0 Å². The molecular formula is C20H15F6N2OP. The molecule has 30 heavy (non-hydrogen) atoms. The molecule has 0 aliphatic carbocycles. The Bertz CT molecular complexity index is 1020. The van der Waals surface area contributed by atoms with Crippen molar-refractivity contribution in [1.82, 2.24) is 0 Å². The minimum absolute atomic E-state index is 0.000195. The summed E-state index contributed by atoms with van der Waals surface area (Å²) < 4.78 is 94.3. The fraction of sp³-hybridized carbons (Fsp3) is 0.100. The van der Waals surface area contributed by atoms with E-state index in [9.17, 15) is 30.9 Å². The Morgan fingerprint density at radius 2 is 0.900 bits per heavy atom. The van der Waals surface area contributed by atoms with Crippen molar-refractivity contribution in [3.8, 4) is 0 Å². The molecule has 0 heterocycles. The molecule has 158 valence electrons.